The van der Waals surface area contributed by atoms with Crippen LogP contribution < -0.4 is 0 Å². The molecule has 0 bridgehead atoms. The number of hydrogen-bond acceptors (Lipinski definition) is 3. The minimum Gasteiger partial charge on any atom is -0.502 e. The molecule has 4 heteroatoms. The third kappa shape index (κ3) is 2.54. The van der Waals surface area contributed by atoms with E-state index in [0.29, 0.717) is 19.0 Å². The Hall–Kier alpha value is -1.81. The lowest BCUT2D eigenvalue weighted by Gasteiger charge is -2.08. The van der Waals surface area contributed by atoms with Crippen molar-refractivity contribution in [2.75, 3.05) is 6.61 Å². The number of allylic oxidation sites excluding steroid dienone is 1. The lowest BCUT2D eigenvalue weighted by atomic mass is 10.3. The van der Waals surface area contributed by atoms with Crippen molar-refractivity contribution in [2.45, 2.75) is 26.5 Å². The van der Waals surface area contributed by atoms with Gasteiger partial charge in [-0.3, -0.25) is 0 Å². The van der Waals surface area contributed by atoms with Crippen LogP contribution in [0.3, 0.4) is 0 Å². The molecule has 0 amide bonds. The van der Waals surface area contributed by atoms with E-state index in [0.717, 1.165) is 11.0 Å². The van der Waals surface area contributed by atoms with Crippen molar-refractivity contribution in [1.29, 1.82) is 0 Å². The highest BCUT2D eigenvalue weighted by atomic mass is 16.5. The molecule has 0 aliphatic carbocycles. The first kappa shape index (κ1) is 12.6. The van der Waals surface area contributed by atoms with E-state index in [4.69, 9.17) is 4.74 Å². The van der Waals surface area contributed by atoms with Crippen molar-refractivity contribution in [1.82, 2.24) is 9.55 Å². The van der Waals surface area contributed by atoms with Crippen LogP contribution in [0.25, 0.3) is 11.0 Å². The number of nitrogens with zero attached hydrogens (tertiary/aromatic N) is 2. The van der Waals surface area contributed by atoms with E-state index < -0.39 is 6.10 Å². The highest BCUT2D eigenvalue weighted by Gasteiger charge is 2.13. The number of ether oxygens (including phenoxy) is 1. The van der Waals surface area contributed by atoms with Gasteiger partial charge in [0.05, 0.1) is 23.9 Å². The van der Waals surface area contributed by atoms with Gasteiger partial charge >= 0.3 is 0 Å². The summed E-state index contributed by atoms with van der Waals surface area (Å²) in [5, 5.41) is 9.77. The third-order valence-corrected chi connectivity index (χ3v) is 2.70. The highest BCUT2D eigenvalue weighted by Crippen LogP contribution is 2.20. The lowest BCUT2D eigenvalue weighted by molar-refractivity contribution is 0.185. The molecule has 0 aliphatic rings. The number of aliphatic hydroxyl groups is 1. The number of imidazole rings is 1. The van der Waals surface area contributed by atoms with Gasteiger partial charge in [-0.25, -0.2) is 4.98 Å². The highest BCUT2D eigenvalue weighted by molar-refractivity contribution is 5.76. The first-order chi connectivity index (χ1) is 8.74. The van der Waals surface area contributed by atoms with Gasteiger partial charge in [0.2, 0.25) is 0 Å². The Kier molecular flexibility index (Phi) is 3.99. The lowest BCUT2D eigenvalue weighted by Crippen LogP contribution is -2.05. The number of aliphatic hydroxyl groups excluding tert-OH is 1. The molecular weight excluding hydrogens is 228 g/mol. The van der Waals surface area contributed by atoms with Crippen molar-refractivity contribution in [3.63, 3.8) is 0 Å². The summed E-state index contributed by atoms with van der Waals surface area (Å²) in [5.41, 5.74) is 1.92. The molecule has 0 radical (unpaired) electrons. The Balaban J connectivity index is 2.36. The van der Waals surface area contributed by atoms with Crippen LogP contribution in [0.1, 0.15) is 25.8 Å². The fourth-order valence-electron chi connectivity index (χ4n) is 1.92. The predicted octanol–water partition coefficient (Wildman–Crippen LogP) is 2.64. The minimum atomic E-state index is -0.585. The van der Waals surface area contributed by atoms with Gasteiger partial charge in [0.1, 0.15) is 11.9 Å². The molecule has 1 aromatic heterocycles. The molecule has 0 spiro atoms. The average Bonchev–Trinajstić information content (AvgIpc) is 2.74. The SMILES string of the molecule is CCOC=CCn1c(C(C)O)nc2ccccc21. The van der Waals surface area contributed by atoms with E-state index in [-0.39, 0.29) is 0 Å². The molecule has 1 heterocycles. The van der Waals surface area contributed by atoms with Crippen molar-refractivity contribution in [3.8, 4) is 0 Å². The van der Waals surface area contributed by atoms with E-state index >= 15 is 0 Å². The van der Waals surface area contributed by atoms with Crippen LogP contribution in [0, 0.1) is 0 Å². The van der Waals surface area contributed by atoms with Crippen molar-refractivity contribution < 1.29 is 9.84 Å². The zero-order valence-corrected chi connectivity index (χ0v) is 10.7. The first-order valence-electron chi connectivity index (χ1n) is 6.14. The first-order valence-corrected chi connectivity index (χ1v) is 6.14. The molecule has 4 nitrogen and oxygen atoms in total. The molecule has 18 heavy (non-hydrogen) atoms. The van der Waals surface area contributed by atoms with E-state index in [1.807, 2.05) is 41.8 Å². The van der Waals surface area contributed by atoms with Crippen LogP contribution >= 0.6 is 0 Å². The minimum absolute atomic E-state index is 0.585. The number of hydrogen-bond donors (Lipinski definition) is 1. The summed E-state index contributed by atoms with van der Waals surface area (Å²) in [7, 11) is 0. The molecule has 1 N–H and O–H groups in total. The summed E-state index contributed by atoms with van der Waals surface area (Å²) in [6.07, 6.45) is 3.02. The van der Waals surface area contributed by atoms with Gasteiger partial charge in [0.15, 0.2) is 0 Å². The van der Waals surface area contributed by atoms with Gasteiger partial charge in [-0.05, 0) is 32.1 Å². The maximum Gasteiger partial charge on any atom is 0.138 e. The zero-order chi connectivity index (χ0) is 13.0. The fourth-order valence-corrected chi connectivity index (χ4v) is 1.92. The zero-order valence-electron chi connectivity index (χ0n) is 10.7. The molecule has 1 unspecified atom stereocenters. The second kappa shape index (κ2) is 5.69. The van der Waals surface area contributed by atoms with Gasteiger partial charge in [-0.15, -0.1) is 0 Å². The van der Waals surface area contributed by atoms with Crippen molar-refractivity contribution in [3.05, 3.63) is 42.4 Å². The summed E-state index contributed by atoms with van der Waals surface area (Å²) >= 11 is 0. The van der Waals surface area contributed by atoms with Gasteiger partial charge in [0, 0.05) is 6.54 Å². The summed E-state index contributed by atoms with van der Waals surface area (Å²) in [6.45, 7) is 4.97. The standard InChI is InChI=1S/C14H18N2O2/c1-3-18-10-6-9-16-13-8-5-4-7-12(13)15-14(16)11(2)17/h4-8,10-11,17H,3,9H2,1-2H3. The molecule has 96 valence electrons. The summed E-state index contributed by atoms with van der Waals surface area (Å²) < 4.78 is 7.16. The largest absolute Gasteiger partial charge is 0.502 e. The Morgan fingerprint density at radius 2 is 2.22 bits per heavy atom. The van der Waals surface area contributed by atoms with Gasteiger partial charge in [-0.1, -0.05) is 12.1 Å². The van der Waals surface area contributed by atoms with E-state index in [1.165, 1.54) is 0 Å². The average molecular weight is 246 g/mol. The molecule has 2 rings (SSSR count). The van der Waals surface area contributed by atoms with Crippen LogP contribution in [0.15, 0.2) is 36.6 Å². The van der Waals surface area contributed by atoms with Crippen LogP contribution in [0.5, 0.6) is 0 Å². The maximum atomic E-state index is 9.77. The molecule has 0 aliphatic heterocycles. The Morgan fingerprint density at radius 1 is 1.44 bits per heavy atom. The smallest absolute Gasteiger partial charge is 0.138 e. The monoisotopic (exact) mass is 246 g/mol. The summed E-state index contributed by atoms with van der Waals surface area (Å²) in [5.74, 6) is 0.678. The van der Waals surface area contributed by atoms with Gasteiger partial charge < -0.3 is 14.4 Å². The molecular formula is C14H18N2O2. The van der Waals surface area contributed by atoms with Gasteiger partial charge in [0.25, 0.3) is 0 Å². The summed E-state index contributed by atoms with van der Waals surface area (Å²) in [4.78, 5) is 4.45. The number of para-hydroxylation sites is 2. The molecule has 1 aromatic carbocycles. The number of fused-ring (bicyclic) bond motifs is 1. The molecule has 0 fully saturated rings. The Bertz CT molecular complexity index is 544. The Labute approximate surface area is 107 Å². The summed E-state index contributed by atoms with van der Waals surface area (Å²) in [6, 6.07) is 7.87. The van der Waals surface area contributed by atoms with Crippen LogP contribution in [-0.4, -0.2) is 21.3 Å². The van der Waals surface area contributed by atoms with Crippen molar-refractivity contribution >= 4 is 11.0 Å². The quantitative estimate of drug-likeness (QED) is 0.825. The topological polar surface area (TPSA) is 47.3 Å². The number of benzene rings is 1. The van der Waals surface area contributed by atoms with Crippen molar-refractivity contribution in [2.24, 2.45) is 0 Å². The van der Waals surface area contributed by atoms with E-state index in [1.54, 1.807) is 13.2 Å². The number of rotatable bonds is 5. The normalized spacial score (nSPS) is 13.3. The third-order valence-electron chi connectivity index (χ3n) is 2.70. The molecule has 1 atom stereocenters. The number of aromatic nitrogens is 2. The van der Waals surface area contributed by atoms with E-state index in [2.05, 4.69) is 4.98 Å². The van der Waals surface area contributed by atoms with E-state index in [9.17, 15) is 5.11 Å². The second-order valence-electron chi connectivity index (χ2n) is 4.07. The van der Waals surface area contributed by atoms with Crippen LogP contribution in [-0.2, 0) is 11.3 Å². The fraction of sp³-hybridized carbons (Fsp3) is 0.357. The molecule has 0 saturated heterocycles. The maximum absolute atomic E-state index is 9.77. The second-order valence-corrected chi connectivity index (χ2v) is 4.07. The molecule has 0 saturated carbocycles. The predicted molar refractivity (Wildman–Crippen MR) is 71.1 cm³/mol. The van der Waals surface area contributed by atoms with Gasteiger partial charge in [-0.2, -0.15) is 0 Å². The molecule has 2 aromatic rings. The Morgan fingerprint density at radius 3 is 2.94 bits per heavy atom. The van der Waals surface area contributed by atoms with Crippen LogP contribution in [0.4, 0.5) is 0 Å². The van der Waals surface area contributed by atoms with Crippen LogP contribution in [0.2, 0.25) is 0 Å².